The molecule has 1 aliphatic carbocycles. The third-order valence-corrected chi connectivity index (χ3v) is 5.47. The fraction of sp³-hybridized carbons (Fsp3) is 0.588. The summed E-state index contributed by atoms with van der Waals surface area (Å²) in [6.45, 7) is 5.41. The van der Waals surface area contributed by atoms with Crippen molar-refractivity contribution in [2.75, 3.05) is 18.0 Å². The zero-order valence-electron chi connectivity index (χ0n) is 13.6. The van der Waals surface area contributed by atoms with Crippen LogP contribution in [-0.4, -0.2) is 44.4 Å². The van der Waals surface area contributed by atoms with Gasteiger partial charge in [0.1, 0.15) is 12.1 Å². The van der Waals surface area contributed by atoms with Crippen LogP contribution >= 0.6 is 11.5 Å². The predicted octanol–water partition coefficient (Wildman–Crippen LogP) is 2.87. The van der Waals surface area contributed by atoms with Crippen molar-refractivity contribution in [2.24, 2.45) is 0 Å². The molecule has 23 heavy (non-hydrogen) atoms. The molecule has 1 saturated heterocycles. The molecule has 4 rings (SSSR count). The van der Waals surface area contributed by atoms with Gasteiger partial charge in [0.2, 0.25) is 0 Å². The van der Waals surface area contributed by atoms with Gasteiger partial charge in [0.15, 0.2) is 0 Å². The van der Waals surface area contributed by atoms with Gasteiger partial charge in [0.05, 0.1) is 0 Å². The third kappa shape index (κ3) is 3.53. The van der Waals surface area contributed by atoms with Crippen LogP contribution in [0.25, 0.3) is 0 Å². The molecular formula is C17H23N5S. The van der Waals surface area contributed by atoms with Crippen LogP contribution in [0.2, 0.25) is 0 Å². The lowest BCUT2D eigenvalue weighted by Crippen LogP contribution is -2.46. The summed E-state index contributed by atoms with van der Waals surface area (Å²) in [7, 11) is 0. The van der Waals surface area contributed by atoms with Crippen LogP contribution < -0.4 is 4.90 Å². The molecule has 0 bridgehead atoms. The van der Waals surface area contributed by atoms with Gasteiger partial charge >= 0.3 is 0 Å². The fourth-order valence-corrected chi connectivity index (χ4v) is 4.05. The van der Waals surface area contributed by atoms with Gasteiger partial charge in [-0.3, -0.25) is 4.90 Å². The van der Waals surface area contributed by atoms with Gasteiger partial charge in [0, 0.05) is 55.1 Å². The number of nitrogens with zero attached hydrogens (tertiary/aromatic N) is 5. The number of hydrogen-bond acceptors (Lipinski definition) is 6. The summed E-state index contributed by atoms with van der Waals surface area (Å²) in [4.78, 5) is 13.9. The third-order valence-electron chi connectivity index (χ3n) is 4.83. The van der Waals surface area contributed by atoms with Crippen LogP contribution in [0.5, 0.6) is 0 Å². The second-order valence-electron chi connectivity index (χ2n) is 6.70. The minimum atomic E-state index is 0.619. The lowest BCUT2D eigenvalue weighted by molar-refractivity contribution is 0.200. The SMILES string of the molecule is Cc1cc(N(C2CC2)C2CCN(Cc3cnsc3)CC2)ncn1. The van der Waals surface area contributed by atoms with Crippen molar-refractivity contribution in [3.8, 4) is 0 Å². The Bertz CT molecular complexity index is 632. The molecule has 5 nitrogen and oxygen atoms in total. The van der Waals surface area contributed by atoms with E-state index in [4.69, 9.17) is 0 Å². The molecule has 2 fully saturated rings. The Balaban J connectivity index is 1.41. The van der Waals surface area contributed by atoms with Crippen molar-refractivity contribution >= 4 is 17.4 Å². The lowest BCUT2D eigenvalue weighted by atomic mass is 10.0. The maximum absolute atomic E-state index is 4.55. The summed E-state index contributed by atoms with van der Waals surface area (Å²) in [6, 6.07) is 3.46. The van der Waals surface area contributed by atoms with Crippen LogP contribution in [0.4, 0.5) is 5.82 Å². The number of aromatic nitrogens is 3. The van der Waals surface area contributed by atoms with Crippen molar-refractivity contribution in [1.82, 2.24) is 19.2 Å². The molecule has 1 aliphatic heterocycles. The smallest absolute Gasteiger partial charge is 0.132 e. The molecule has 0 aromatic carbocycles. The maximum atomic E-state index is 4.55. The van der Waals surface area contributed by atoms with E-state index in [1.54, 1.807) is 17.9 Å². The first-order valence-electron chi connectivity index (χ1n) is 8.47. The van der Waals surface area contributed by atoms with Gasteiger partial charge in [0.25, 0.3) is 0 Å². The number of anilines is 1. The quantitative estimate of drug-likeness (QED) is 0.844. The molecular weight excluding hydrogens is 306 g/mol. The van der Waals surface area contributed by atoms with Crippen molar-refractivity contribution in [3.63, 3.8) is 0 Å². The molecule has 0 radical (unpaired) electrons. The molecule has 0 atom stereocenters. The van der Waals surface area contributed by atoms with E-state index in [-0.39, 0.29) is 0 Å². The minimum Gasteiger partial charge on any atom is -0.350 e. The predicted molar refractivity (Wildman–Crippen MR) is 92.7 cm³/mol. The van der Waals surface area contributed by atoms with Gasteiger partial charge in [-0.05, 0) is 49.7 Å². The van der Waals surface area contributed by atoms with Crippen molar-refractivity contribution in [1.29, 1.82) is 0 Å². The Hall–Kier alpha value is -1.53. The van der Waals surface area contributed by atoms with Crippen molar-refractivity contribution in [2.45, 2.75) is 51.2 Å². The zero-order chi connectivity index (χ0) is 15.6. The van der Waals surface area contributed by atoms with E-state index in [2.05, 4.69) is 35.6 Å². The minimum absolute atomic E-state index is 0.619. The lowest BCUT2D eigenvalue weighted by Gasteiger charge is -2.39. The van der Waals surface area contributed by atoms with E-state index in [9.17, 15) is 0 Å². The Morgan fingerprint density at radius 1 is 1.17 bits per heavy atom. The average Bonchev–Trinajstić information content (AvgIpc) is 3.25. The summed E-state index contributed by atoms with van der Waals surface area (Å²) in [6.07, 6.45) is 8.76. The van der Waals surface area contributed by atoms with Gasteiger partial charge < -0.3 is 4.90 Å². The second-order valence-corrected chi connectivity index (χ2v) is 7.35. The first-order valence-corrected chi connectivity index (χ1v) is 9.31. The monoisotopic (exact) mass is 329 g/mol. The van der Waals surface area contributed by atoms with Crippen molar-refractivity contribution in [3.05, 3.63) is 35.2 Å². The largest absolute Gasteiger partial charge is 0.350 e. The van der Waals surface area contributed by atoms with Crippen LogP contribution in [0.3, 0.4) is 0 Å². The summed E-state index contributed by atoms with van der Waals surface area (Å²) in [5.41, 5.74) is 2.40. The Kier molecular flexibility index (Phi) is 4.27. The van der Waals surface area contributed by atoms with Crippen molar-refractivity contribution < 1.29 is 0 Å². The second kappa shape index (κ2) is 6.53. The molecule has 0 amide bonds. The van der Waals surface area contributed by atoms with Gasteiger partial charge in [-0.15, -0.1) is 0 Å². The summed E-state index contributed by atoms with van der Waals surface area (Å²) < 4.78 is 4.20. The molecule has 6 heteroatoms. The Morgan fingerprint density at radius 2 is 1.96 bits per heavy atom. The van der Waals surface area contributed by atoms with Gasteiger partial charge in [-0.1, -0.05) is 0 Å². The Labute approximate surface area is 141 Å². The molecule has 0 N–H and O–H groups in total. The summed E-state index contributed by atoms with van der Waals surface area (Å²) in [5.74, 6) is 1.13. The highest BCUT2D eigenvalue weighted by molar-refractivity contribution is 7.03. The molecule has 0 unspecified atom stereocenters. The zero-order valence-corrected chi connectivity index (χ0v) is 14.4. The molecule has 2 aromatic heterocycles. The molecule has 1 saturated carbocycles. The molecule has 3 heterocycles. The Morgan fingerprint density at radius 3 is 2.61 bits per heavy atom. The highest BCUT2D eigenvalue weighted by atomic mass is 32.1. The van der Waals surface area contributed by atoms with Gasteiger partial charge in [-0.2, -0.15) is 0 Å². The maximum Gasteiger partial charge on any atom is 0.132 e. The van der Waals surface area contributed by atoms with Crippen LogP contribution in [0, 0.1) is 6.92 Å². The number of rotatable bonds is 5. The van der Waals surface area contributed by atoms with E-state index < -0.39 is 0 Å². The topological polar surface area (TPSA) is 45.2 Å². The molecule has 2 aromatic rings. The number of aryl methyl sites for hydroxylation is 1. The van der Waals surface area contributed by atoms with Crippen LogP contribution in [0.15, 0.2) is 24.0 Å². The van der Waals surface area contributed by atoms with E-state index in [1.165, 1.54) is 31.2 Å². The highest BCUT2D eigenvalue weighted by Crippen LogP contribution is 2.35. The van der Waals surface area contributed by atoms with E-state index in [0.29, 0.717) is 12.1 Å². The summed E-state index contributed by atoms with van der Waals surface area (Å²) in [5, 5.41) is 2.16. The highest BCUT2D eigenvalue weighted by Gasteiger charge is 2.36. The average molecular weight is 329 g/mol. The standard InChI is InChI=1S/C17H23N5S/c1-13-8-17(19-12-18-13)22(15-2-3-15)16-4-6-21(7-5-16)10-14-9-20-23-11-14/h8-9,11-12,15-16H,2-7,10H2,1H3. The fourth-order valence-electron chi connectivity index (χ4n) is 3.53. The first kappa shape index (κ1) is 15.0. The van der Waals surface area contributed by atoms with Crippen LogP contribution in [-0.2, 0) is 6.54 Å². The van der Waals surface area contributed by atoms with Crippen LogP contribution in [0.1, 0.15) is 36.9 Å². The molecule has 122 valence electrons. The number of piperidine rings is 1. The van der Waals surface area contributed by atoms with E-state index in [1.807, 2.05) is 13.1 Å². The normalized spacial score (nSPS) is 19.9. The van der Waals surface area contributed by atoms with Gasteiger partial charge in [-0.25, -0.2) is 14.3 Å². The molecule has 0 spiro atoms. The molecule has 2 aliphatic rings. The first-order chi connectivity index (χ1) is 11.3. The van der Waals surface area contributed by atoms with E-state index in [0.717, 1.165) is 31.1 Å². The van der Waals surface area contributed by atoms with E-state index >= 15 is 0 Å². The number of likely N-dealkylation sites (tertiary alicyclic amines) is 1. The number of hydrogen-bond donors (Lipinski definition) is 0. The summed E-state index contributed by atoms with van der Waals surface area (Å²) >= 11 is 1.55.